The van der Waals surface area contributed by atoms with Crippen molar-refractivity contribution in [2.24, 2.45) is 0 Å². The maximum absolute atomic E-state index is 12.0. The van der Waals surface area contributed by atoms with E-state index in [2.05, 4.69) is 10.1 Å². The Morgan fingerprint density at radius 1 is 1.15 bits per heavy atom. The van der Waals surface area contributed by atoms with Crippen LogP contribution in [0.15, 0.2) is 24.3 Å². The quantitative estimate of drug-likeness (QED) is 0.831. The summed E-state index contributed by atoms with van der Waals surface area (Å²) in [5, 5.41) is 3.26. The fraction of sp³-hybridized carbons (Fsp3) is 0.571. The van der Waals surface area contributed by atoms with Gasteiger partial charge in [0.25, 0.3) is 0 Å². The Bertz CT molecular complexity index is 392. The van der Waals surface area contributed by atoms with Crippen molar-refractivity contribution in [2.45, 2.75) is 39.3 Å². The van der Waals surface area contributed by atoms with E-state index < -0.39 is 6.36 Å². The molecule has 114 valence electrons. The lowest BCUT2D eigenvalue weighted by molar-refractivity contribution is -0.274. The third-order valence-corrected chi connectivity index (χ3v) is 2.78. The highest BCUT2D eigenvalue weighted by molar-refractivity contribution is 5.29. The molecule has 0 aliphatic carbocycles. The Labute approximate surface area is 117 Å². The lowest BCUT2D eigenvalue weighted by atomic mass is 10.1. The van der Waals surface area contributed by atoms with Crippen molar-refractivity contribution >= 4 is 0 Å². The highest BCUT2D eigenvalue weighted by Crippen LogP contribution is 2.24. The number of halogens is 3. The van der Waals surface area contributed by atoms with Gasteiger partial charge in [-0.15, -0.1) is 13.2 Å². The molecular formula is C14H20F3NO2. The number of rotatable bonds is 7. The molecule has 3 nitrogen and oxygen atoms in total. The van der Waals surface area contributed by atoms with Gasteiger partial charge >= 0.3 is 6.36 Å². The van der Waals surface area contributed by atoms with Crippen LogP contribution in [0.2, 0.25) is 0 Å². The predicted molar refractivity (Wildman–Crippen MR) is 70.6 cm³/mol. The summed E-state index contributed by atoms with van der Waals surface area (Å²) in [6.45, 7) is 7.16. The summed E-state index contributed by atoms with van der Waals surface area (Å²) in [6, 6.07) is 5.88. The fourth-order valence-corrected chi connectivity index (χ4v) is 1.76. The first kappa shape index (κ1) is 16.8. The van der Waals surface area contributed by atoms with E-state index >= 15 is 0 Å². The number of benzene rings is 1. The Morgan fingerprint density at radius 3 is 2.25 bits per heavy atom. The smallest absolute Gasteiger partial charge is 0.406 e. The van der Waals surface area contributed by atoms with Crippen LogP contribution in [0.3, 0.4) is 0 Å². The molecule has 0 aromatic heterocycles. The van der Waals surface area contributed by atoms with E-state index in [0.717, 1.165) is 5.56 Å². The van der Waals surface area contributed by atoms with E-state index in [1.165, 1.54) is 12.1 Å². The van der Waals surface area contributed by atoms with Crippen LogP contribution in [0.4, 0.5) is 13.2 Å². The molecule has 0 amide bonds. The number of nitrogens with one attached hydrogen (secondary N) is 1. The minimum atomic E-state index is -4.65. The standard InChI is InChI=1S/C14H20F3NO2/c1-4-19-10(2)9-18-11(3)12-5-7-13(8-6-12)20-14(15,16)17/h5-8,10-11,18H,4,9H2,1-3H3. The number of alkyl halides is 3. The van der Waals surface area contributed by atoms with Crippen LogP contribution in [-0.4, -0.2) is 25.6 Å². The Kier molecular flexibility index (Phi) is 6.29. The van der Waals surface area contributed by atoms with Crippen molar-refractivity contribution in [3.8, 4) is 5.75 Å². The lowest BCUT2D eigenvalue weighted by Gasteiger charge is -2.18. The summed E-state index contributed by atoms with van der Waals surface area (Å²) in [5.74, 6) is -0.212. The summed E-state index contributed by atoms with van der Waals surface area (Å²) in [7, 11) is 0. The van der Waals surface area contributed by atoms with Gasteiger partial charge in [-0.3, -0.25) is 0 Å². The van der Waals surface area contributed by atoms with Gasteiger partial charge in [-0.25, -0.2) is 0 Å². The van der Waals surface area contributed by atoms with Crippen molar-refractivity contribution in [1.82, 2.24) is 5.32 Å². The molecule has 20 heavy (non-hydrogen) atoms. The number of hydrogen-bond acceptors (Lipinski definition) is 3. The molecule has 2 unspecified atom stereocenters. The summed E-state index contributed by atoms with van der Waals surface area (Å²) in [5.41, 5.74) is 0.892. The van der Waals surface area contributed by atoms with Crippen LogP contribution >= 0.6 is 0 Å². The summed E-state index contributed by atoms with van der Waals surface area (Å²) < 4.78 is 45.3. The van der Waals surface area contributed by atoms with E-state index in [9.17, 15) is 13.2 Å². The summed E-state index contributed by atoms with van der Waals surface area (Å²) in [4.78, 5) is 0. The molecule has 1 aromatic carbocycles. The zero-order valence-electron chi connectivity index (χ0n) is 11.8. The van der Waals surface area contributed by atoms with Crippen LogP contribution in [0.1, 0.15) is 32.4 Å². The average molecular weight is 291 g/mol. The molecule has 0 aliphatic rings. The van der Waals surface area contributed by atoms with Crippen molar-refractivity contribution < 1.29 is 22.6 Å². The molecule has 1 N–H and O–H groups in total. The van der Waals surface area contributed by atoms with Gasteiger partial charge in [-0.1, -0.05) is 12.1 Å². The Hall–Kier alpha value is -1.27. The second-order valence-corrected chi connectivity index (χ2v) is 4.51. The SMILES string of the molecule is CCOC(C)CNC(C)c1ccc(OC(F)(F)F)cc1. The summed E-state index contributed by atoms with van der Waals surface area (Å²) in [6.07, 6.45) is -4.56. The molecule has 2 atom stereocenters. The van der Waals surface area contributed by atoms with Crippen molar-refractivity contribution in [2.75, 3.05) is 13.2 Å². The molecule has 0 saturated carbocycles. The molecule has 6 heteroatoms. The monoisotopic (exact) mass is 291 g/mol. The minimum absolute atomic E-state index is 0.0258. The largest absolute Gasteiger partial charge is 0.573 e. The summed E-state index contributed by atoms with van der Waals surface area (Å²) >= 11 is 0. The second-order valence-electron chi connectivity index (χ2n) is 4.51. The van der Waals surface area contributed by atoms with Gasteiger partial charge in [0.2, 0.25) is 0 Å². The first-order chi connectivity index (χ1) is 9.31. The molecule has 1 rings (SSSR count). The third kappa shape index (κ3) is 6.25. The highest BCUT2D eigenvalue weighted by Gasteiger charge is 2.30. The molecule has 0 saturated heterocycles. The molecule has 1 aromatic rings. The molecule has 0 spiro atoms. The van der Waals surface area contributed by atoms with Crippen molar-refractivity contribution in [3.63, 3.8) is 0 Å². The number of ether oxygens (including phenoxy) is 2. The zero-order chi connectivity index (χ0) is 15.2. The van der Waals surface area contributed by atoms with E-state index in [0.29, 0.717) is 13.2 Å². The van der Waals surface area contributed by atoms with Gasteiger partial charge in [0, 0.05) is 19.2 Å². The van der Waals surface area contributed by atoms with E-state index in [4.69, 9.17) is 4.74 Å². The van der Waals surface area contributed by atoms with Gasteiger partial charge in [0.05, 0.1) is 6.10 Å². The maximum Gasteiger partial charge on any atom is 0.573 e. The zero-order valence-corrected chi connectivity index (χ0v) is 11.8. The van der Waals surface area contributed by atoms with Gasteiger partial charge in [-0.2, -0.15) is 0 Å². The molecule has 0 fully saturated rings. The lowest BCUT2D eigenvalue weighted by Crippen LogP contribution is -2.29. The second kappa shape index (κ2) is 7.50. The highest BCUT2D eigenvalue weighted by atomic mass is 19.4. The van der Waals surface area contributed by atoms with Gasteiger partial charge < -0.3 is 14.8 Å². The molecule has 0 radical (unpaired) electrons. The van der Waals surface area contributed by atoms with Gasteiger partial charge in [0.1, 0.15) is 5.75 Å². The maximum atomic E-state index is 12.0. The molecule has 0 heterocycles. The first-order valence-electron chi connectivity index (χ1n) is 6.52. The normalized spacial score (nSPS) is 14.9. The first-order valence-corrected chi connectivity index (χ1v) is 6.52. The van der Waals surface area contributed by atoms with Gasteiger partial charge in [0.15, 0.2) is 0 Å². The number of hydrogen-bond donors (Lipinski definition) is 1. The van der Waals surface area contributed by atoms with E-state index in [1.54, 1.807) is 12.1 Å². The molecular weight excluding hydrogens is 271 g/mol. The third-order valence-electron chi connectivity index (χ3n) is 2.78. The van der Waals surface area contributed by atoms with Crippen LogP contribution < -0.4 is 10.1 Å². The van der Waals surface area contributed by atoms with E-state index in [1.807, 2.05) is 20.8 Å². The topological polar surface area (TPSA) is 30.5 Å². The van der Waals surface area contributed by atoms with Gasteiger partial charge in [-0.05, 0) is 38.5 Å². The molecule has 0 aliphatic heterocycles. The van der Waals surface area contributed by atoms with Crippen molar-refractivity contribution in [1.29, 1.82) is 0 Å². The minimum Gasteiger partial charge on any atom is -0.406 e. The van der Waals surface area contributed by atoms with Crippen molar-refractivity contribution in [3.05, 3.63) is 29.8 Å². The van der Waals surface area contributed by atoms with Crippen LogP contribution in [0, 0.1) is 0 Å². The van der Waals surface area contributed by atoms with Crippen LogP contribution in [-0.2, 0) is 4.74 Å². The van der Waals surface area contributed by atoms with E-state index in [-0.39, 0.29) is 17.9 Å². The fourth-order valence-electron chi connectivity index (χ4n) is 1.76. The van der Waals surface area contributed by atoms with Crippen LogP contribution in [0.5, 0.6) is 5.75 Å². The predicted octanol–water partition coefficient (Wildman–Crippen LogP) is 3.66. The Morgan fingerprint density at radius 2 is 1.75 bits per heavy atom. The van der Waals surface area contributed by atoms with Crippen LogP contribution in [0.25, 0.3) is 0 Å². The average Bonchev–Trinajstić information content (AvgIpc) is 2.35. The molecule has 0 bridgehead atoms. The Balaban J connectivity index is 2.51.